The summed E-state index contributed by atoms with van der Waals surface area (Å²) in [5.74, 6) is 1.78. The van der Waals surface area contributed by atoms with E-state index in [0.29, 0.717) is 12.1 Å². The number of nitrogens with one attached hydrogen (secondary N) is 1. The second-order valence-electron chi connectivity index (χ2n) is 6.89. The highest BCUT2D eigenvalue weighted by Gasteiger charge is 2.30. The van der Waals surface area contributed by atoms with E-state index in [-0.39, 0.29) is 0 Å². The topological polar surface area (TPSA) is 12.0 Å². The van der Waals surface area contributed by atoms with E-state index >= 15 is 0 Å². The Morgan fingerprint density at radius 1 is 1.00 bits per heavy atom. The van der Waals surface area contributed by atoms with E-state index < -0.39 is 0 Å². The molecule has 0 spiro atoms. The third-order valence-electron chi connectivity index (χ3n) is 5.52. The maximum atomic E-state index is 4.04. The molecule has 0 bridgehead atoms. The van der Waals surface area contributed by atoms with E-state index in [1.165, 1.54) is 57.8 Å². The summed E-state index contributed by atoms with van der Waals surface area (Å²) < 4.78 is 0. The number of hydrogen-bond acceptors (Lipinski definition) is 2. The minimum Gasteiger partial charge on any atom is -0.306 e. The van der Waals surface area contributed by atoms with Gasteiger partial charge >= 0.3 is 0 Å². The first kappa shape index (κ1) is 14.6. The zero-order chi connectivity index (χ0) is 13.8. The van der Waals surface area contributed by atoms with Gasteiger partial charge in [-0.2, -0.15) is 0 Å². The van der Waals surface area contributed by atoms with Gasteiger partial charge in [-0.3, -0.25) is 0 Å². The Labute approximate surface area is 128 Å². The van der Waals surface area contributed by atoms with Gasteiger partial charge in [0.2, 0.25) is 0 Å². The van der Waals surface area contributed by atoms with Crippen molar-refractivity contribution in [1.82, 2.24) is 5.32 Å². The molecular formula is C18H29NS. The highest BCUT2D eigenvalue weighted by molar-refractivity contribution is 7.10. The van der Waals surface area contributed by atoms with Crippen LogP contribution in [0.5, 0.6) is 0 Å². The van der Waals surface area contributed by atoms with Crippen LogP contribution in [0.15, 0.2) is 17.5 Å². The van der Waals surface area contributed by atoms with Crippen LogP contribution in [0, 0.1) is 11.8 Å². The van der Waals surface area contributed by atoms with Crippen LogP contribution in [0.3, 0.4) is 0 Å². The maximum Gasteiger partial charge on any atom is 0.0445 e. The summed E-state index contributed by atoms with van der Waals surface area (Å²) in [4.78, 5) is 1.57. The Morgan fingerprint density at radius 3 is 2.30 bits per heavy atom. The van der Waals surface area contributed by atoms with Gasteiger partial charge in [-0.15, -0.1) is 11.3 Å². The van der Waals surface area contributed by atoms with E-state index in [1.807, 2.05) is 11.3 Å². The van der Waals surface area contributed by atoms with Crippen LogP contribution in [0.2, 0.25) is 0 Å². The summed E-state index contributed by atoms with van der Waals surface area (Å²) in [6.07, 6.45) is 13.0. The van der Waals surface area contributed by atoms with Crippen LogP contribution in [0.25, 0.3) is 0 Å². The molecule has 0 aliphatic heterocycles. The third-order valence-corrected chi connectivity index (χ3v) is 6.48. The quantitative estimate of drug-likeness (QED) is 0.751. The molecule has 2 heteroatoms. The molecule has 1 unspecified atom stereocenters. The van der Waals surface area contributed by atoms with Crippen LogP contribution >= 0.6 is 11.3 Å². The van der Waals surface area contributed by atoms with E-state index in [4.69, 9.17) is 0 Å². The minimum absolute atomic E-state index is 0.620. The van der Waals surface area contributed by atoms with Gasteiger partial charge in [0.05, 0.1) is 0 Å². The molecule has 0 amide bonds. The summed E-state index contributed by atoms with van der Waals surface area (Å²) in [5.41, 5.74) is 0. The lowest BCUT2D eigenvalue weighted by Gasteiger charge is -2.34. The van der Waals surface area contributed by atoms with E-state index in [9.17, 15) is 0 Å². The fraction of sp³-hybridized carbons (Fsp3) is 0.778. The van der Waals surface area contributed by atoms with Crippen LogP contribution in [0.4, 0.5) is 0 Å². The van der Waals surface area contributed by atoms with E-state index in [2.05, 4.69) is 29.8 Å². The van der Waals surface area contributed by atoms with Gasteiger partial charge in [0, 0.05) is 17.0 Å². The highest BCUT2D eigenvalue weighted by Crippen LogP contribution is 2.38. The summed E-state index contributed by atoms with van der Waals surface area (Å²) in [6, 6.07) is 5.86. The third kappa shape index (κ3) is 3.46. The zero-order valence-electron chi connectivity index (χ0n) is 12.8. The smallest absolute Gasteiger partial charge is 0.0445 e. The van der Waals surface area contributed by atoms with Crippen LogP contribution < -0.4 is 5.32 Å². The molecule has 1 heterocycles. The predicted molar refractivity (Wildman–Crippen MR) is 88.2 cm³/mol. The van der Waals surface area contributed by atoms with Crippen LogP contribution in [-0.4, -0.2) is 6.04 Å². The van der Waals surface area contributed by atoms with Crippen molar-refractivity contribution in [2.75, 3.05) is 0 Å². The molecule has 2 aliphatic rings. The summed E-state index contributed by atoms with van der Waals surface area (Å²) in [5, 5.41) is 6.28. The minimum atomic E-state index is 0.620. The molecule has 1 aromatic heterocycles. The van der Waals surface area contributed by atoms with Crippen molar-refractivity contribution in [3.8, 4) is 0 Å². The summed E-state index contributed by atoms with van der Waals surface area (Å²) >= 11 is 1.94. The molecule has 2 fully saturated rings. The second-order valence-corrected chi connectivity index (χ2v) is 7.87. The fourth-order valence-corrected chi connectivity index (χ4v) is 5.14. The largest absolute Gasteiger partial charge is 0.306 e. The first-order valence-corrected chi connectivity index (χ1v) is 9.52. The van der Waals surface area contributed by atoms with Crippen LogP contribution in [0.1, 0.15) is 75.6 Å². The standard InChI is InChI=1S/C18H29NS/c1-14(15-8-3-2-4-9-15)19-18(16-10-5-6-11-16)17-12-7-13-20-17/h7,12-16,18-19H,2-6,8-11H2,1H3/t14-,18?/m1/s1. The first-order valence-electron chi connectivity index (χ1n) is 8.64. The molecule has 1 nitrogen and oxygen atoms in total. The van der Waals surface area contributed by atoms with Crippen molar-refractivity contribution in [3.63, 3.8) is 0 Å². The molecule has 1 N–H and O–H groups in total. The van der Waals surface area contributed by atoms with Gasteiger partial charge in [0.25, 0.3) is 0 Å². The molecule has 1 aromatic rings. The molecular weight excluding hydrogens is 262 g/mol. The SMILES string of the molecule is C[C@@H](NC(c1cccs1)C1CCCC1)C1CCCCC1. The maximum absolute atomic E-state index is 4.04. The van der Waals surface area contributed by atoms with Gasteiger partial charge in [0.1, 0.15) is 0 Å². The normalized spacial score (nSPS) is 24.9. The molecule has 0 aromatic carbocycles. The lowest BCUT2D eigenvalue weighted by atomic mass is 9.83. The molecule has 0 radical (unpaired) electrons. The monoisotopic (exact) mass is 291 g/mol. The molecule has 0 saturated heterocycles. The molecule has 2 saturated carbocycles. The van der Waals surface area contributed by atoms with Crippen molar-refractivity contribution >= 4 is 11.3 Å². The average Bonchev–Trinajstić information content (AvgIpc) is 3.19. The summed E-state index contributed by atoms with van der Waals surface area (Å²) in [7, 11) is 0. The Hall–Kier alpha value is -0.340. The van der Waals surface area contributed by atoms with Gasteiger partial charge < -0.3 is 5.32 Å². The van der Waals surface area contributed by atoms with Crippen molar-refractivity contribution in [3.05, 3.63) is 22.4 Å². The Kier molecular flexibility index (Phi) is 5.17. The number of hydrogen-bond donors (Lipinski definition) is 1. The lowest BCUT2D eigenvalue weighted by molar-refractivity contribution is 0.239. The average molecular weight is 292 g/mol. The predicted octanol–water partition coefficient (Wildman–Crippen LogP) is 5.54. The molecule has 20 heavy (non-hydrogen) atoms. The Balaban J connectivity index is 1.66. The fourth-order valence-electron chi connectivity index (χ4n) is 4.26. The van der Waals surface area contributed by atoms with E-state index in [1.54, 1.807) is 4.88 Å². The van der Waals surface area contributed by atoms with Gasteiger partial charge in [-0.1, -0.05) is 38.2 Å². The van der Waals surface area contributed by atoms with Crippen molar-refractivity contribution in [2.24, 2.45) is 11.8 Å². The molecule has 2 aliphatic carbocycles. The lowest BCUT2D eigenvalue weighted by Crippen LogP contribution is -2.39. The second kappa shape index (κ2) is 7.09. The van der Waals surface area contributed by atoms with Gasteiger partial charge in [-0.05, 0) is 55.9 Å². The number of thiophene rings is 1. The van der Waals surface area contributed by atoms with Crippen molar-refractivity contribution in [2.45, 2.75) is 76.8 Å². The van der Waals surface area contributed by atoms with Crippen LogP contribution in [-0.2, 0) is 0 Å². The molecule has 112 valence electrons. The van der Waals surface area contributed by atoms with E-state index in [0.717, 1.165) is 11.8 Å². The first-order chi connectivity index (χ1) is 9.84. The molecule has 3 rings (SSSR count). The highest BCUT2D eigenvalue weighted by atomic mass is 32.1. The van der Waals surface area contributed by atoms with Gasteiger partial charge in [0.15, 0.2) is 0 Å². The van der Waals surface area contributed by atoms with Crippen molar-refractivity contribution < 1.29 is 0 Å². The van der Waals surface area contributed by atoms with Crippen molar-refractivity contribution in [1.29, 1.82) is 0 Å². The van der Waals surface area contributed by atoms with Gasteiger partial charge in [-0.25, -0.2) is 0 Å². The molecule has 2 atom stereocenters. The number of rotatable bonds is 5. The Morgan fingerprint density at radius 2 is 1.65 bits per heavy atom. The zero-order valence-corrected chi connectivity index (χ0v) is 13.6. The Bertz CT molecular complexity index is 374. The summed E-state index contributed by atoms with van der Waals surface area (Å²) in [6.45, 7) is 2.44.